The first kappa shape index (κ1) is 12.6. The highest BCUT2D eigenvalue weighted by molar-refractivity contribution is 5.90. The molecule has 1 aliphatic rings. The van der Waals surface area contributed by atoms with Gasteiger partial charge in [-0.05, 0) is 24.1 Å². The van der Waals surface area contributed by atoms with Crippen molar-refractivity contribution in [1.29, 1.82) is 0 Å². The molecule has 1 N–H and O–H groups in total. The molecule has 20 heavy (non-hydrogen) atoms. The Bertz CT molecular complexity index is 625. The van der Waals surface area contributed by atoms with E-state index >= 15 is 0 Å². The fourth-order valence-corrected chi connectivity index (χ4v) is 2.27. The molecule has 2 aromatic rings. The van der Waals surface area contributed by atoms with Crippen LogP contribution < -0.4 is 10.1 Å². The number of amides is 1. The summed E-state index contributed by atoms with van der Waals surface area (Å²) in [5, 5.41) is 14.2. The molecule has 3 rings (SSSR count). The van der Waals surface area contributed by atoms with Crippen LogP contribution >= 0.6 is 0 Å². The van der Waals surface area contributed by atoms with Crippen molar-refractivity contribution in [3.63, 3.8) is 0 Å². The second kappa shape index (κ2) is 5.28. The normalized spacial score (nSPS) is 17.8. The SMILES string of the molecule is Cn1nnc(C(=O)N[C@@H]2CCCOc3ccccc32)n1. The topological polar surface area (TPSA) is 81.9 Å². The summed E-state index contributed by atoms with van der Waals surface area (Å²) >= 11 is 0. The van der Waals surface area contributed by atoms with Crippen molar-refractivity contribution < 1.29 is 9.53 Å². The van der Waals surface area contributed by atoms with Gasteiger partial charge in [-0.2, -0.15) is 4.80 Å². The number of nitrogens with one attached hydrogen (secondary N) is 1. The summed E-state index contributed by atoms with van der Waals surface area (Å²) in [4.78, 5) is 13.4. The standard InChI is InChI=1S/C13H15N5O2/c1-18-16-12(15-17-18)13(19)14-10-6-4-8-20-11-7-3-2-5-9(10)11/h2-3,5,7,10H,4,6,8H2,1H3,(H,14,19)/t10-/m1/s1. The zero-order valence-corrected chi connectivity index (χ0v) is 11.1. The van der Waals surface area contributed by atoms with Crippen LogP contribution in [0.2, 0.25) is 0 Å². The molecule has 1 aromatic carbocycles. The van der Waals surface area contributed by atoms with Crippen LogP contribution in [0.5, 0.6) is 5.75 Å². The van der Waals surface area contributed by atoms with Crippen LogP contribution in [0.4, 0.5) is 0 Å². The second-order valence-corrected chi connectivity index (χ2v) is 4.66. The monoisotopic (exact) mass is 273 g/mol. The van der Waals surface area contributed by atoms with Crippen LogP contribution in [-0.2, 0) is 7.05 Å². The highest BCUT2D eigenvalue weighted by atomic mass is 16.5. The molecule has 1 aromatic heterocycles. The van der Waals surface area contributed by atoms with Crippen molar-refractivity contribution in [1.82, 2.24) is 25.5 Å². The van der Waals surface area contributed by atoms with Gasteiger partial charge in [0.1, 0.15) is 5.75 Å². The lowest BCUT2D eigenvalue weighted by Crippen LogP contribution is -2.29. The molecule has 1 aliphatic heterocycles. The lowest BCUT2D eigenvalue weighted by atomic mass is 10.0. The molecule has 0 spiro atoms. The molecule has 7 heteroatoms. The van der Waals surface area contributed by atoms with Crippen LogP contribution in [0, 0.1) is 0 Å². The Morgan fingerprint density at radius 3 is 3.10 bits per heavy atom. The summed E-state index contributed by atoms with van der Waals surface area (Å²) < 4.78 is 5.67. The summed E-state index contributed by atoms with van der Waals surface area (Å²) in [5.74, 6) is 0.581. The first-order chi connectivity index (χ1) is 9.74. The number of rotatable bonds is 2. The van der Waals surface area contributed by atoms with Crippen LogP contribution in [0.3, 0.4) is 0 Å². The van der Waals surface area contributed by atoms with Crippen molar-refractivity contribution in [2.75, 3.05) is 6.61 Å². The maximum absolute atomic E-state index is 12.1. The third-order valence-corrected chi connectivity index (χ3v) is 3.21. The summed E-state index contributed by atoms with van der Waals surface area (Å²) in [6, 6.07) is 7.65. The first-order valence-electron chi connectivity index (χ1n) is 6.50. The van der Waals surface area contributed by atoms with E-state index in [1.165, 1.54) is 4.80 Å². The predicted octanol–water partition coefficient (Wildman–Crippen LogP) is 0.854. The van der Waals surface area contributed by atoms with Gasteiger partial charge in [-0.3, -0.25) is 4.79 Å². The van der Waals surface area contributed by atoms with Gasteiger partial charge in [-0.1, -0.05) is 18.2 Å². The minimum absolute atomic E-state index is 0.0788. The molecule has 1 atom stereocenters. The van der Waals surface area contributed by atoms with Gasteiger partial charge < -0.3 is 10.1 Å². The van der Waals surface area contributed by atoms with Gasteiger partial charge in [0, 0.05) is 5.56 Å². The zero-order chi connectivity index (χ0) is 13.9. The van der Waals surface area contributed by atoms with Gasteiger partial charge >= 0.3 is 0 Å². The summed E-state index contributed by atoms with van der Waals surface area (Å²) in [5.41, 5.74) is 0.988. The van der Waals surface area contributed by atoms with Crippen molar-refractivity contribution in [3.05, 3.63) is 35.7 Å². The van der Waals surface area contributed by atoms with Crippen molar-refractivity contribution in [2.24, 2.45) is 7.05 Å². The summed E-state index contributed by atoms with van der Waals surface area (Å²) in [6.45, 7) is 0.660. The second-order valence-electron chi connectivity index (χ2n) is 4.66. The molecule has 0 bridgehead atoms. The molecular weight excluding hydrogens is 258 g/mol. The van der Waals surface area contributed by atoms with Crippen LogP contribution in [-0.4, -0.2) is 32.7 Å². The Balaban J connectivity index is 1.82. The summed E-state index contributed by atoms with van der Waals surface area (Å²) in [7, 11) is 1.62. The number of hydrogen-bond acceptors (Lipinski definition) is 5. The number of carbonyl (C=O) groups excluding carboxylic acids is 1. The Morgan fingerprint density at radius 1 is 1.45 bits per heavy atom. The number of hydrogen-bond donors (Lipinski definition) is 1. The van der Waals surface area contributed by atoms with E-state index in [1.807, 2.05) is 24.3 Å². The Kier molecular flexibility index (Phi) is 3.32. The number of para-hydroxylation sites is 1. The Morgan fingerprint density at radius 2 is 2.30 bits per heavy atom. The van der Waals surface area contributed by atoms with Gasteiger partial charge in [0.25, 0.3) is 11.7 Å². The number of nitrogens with zero attached hydrogens (tertiary/aromatic N) is 4. The number of benzene rings is 1. The fraction of sp³-hybridized carbons (Fsp3) is 0.385. The largest absolute Gasteiger partial charge is 0.493 e. The number of aryl methyl sites for hydroxylation is 1. The molecule has 0 unspecified atom stereocenters. The zero-order valence-electron chi connectivity index (χ0n) is 11.1. The van der Waals surface area contributed by atoms with Crippen LogP contribution in [0.15, 0.2) is 24.3 Å². The highest BCUT2D eigenvalue weighted by Crippen LogP contribution is 2.31. The molecule has 0 radical (unpaired) electrons. The van der Waals surface area contributed by atoms with Crippen molar-refractivity contribution >= 4 is 5.91 Å². The highest BCUT2D eigenvalue weighted by Gasteiger charge is 2.23. The van der Waals surface area contributed by atoms with E-state index in [-0.39, 0.29) is 17.8 Å². The van der Waals surface area contributed by atoms with Gasteiger partial charge in [0.2, 0.25) is 0 Å². The quantitative estimate of drug-likeness (QED) is 0.877. The maximum atomic E-state index is 12.1. The molecule has 0 saturated heterocycles. The van der Waals surface area contributed by atoms with Crippen LogP contribution in [0.1, 0.15) is 35.1 Å². The first-order valence-corrected chi connectivity index (χ1v) is 6.50. The van der Waals surface area contributed by atoms with E-state index in [9.17, 15) is 4.79 Å². The van der Waals surface area contributed by atoms with Gasteiger partial charge in [-0.15, -0.1) is 10.2 Å². The summed E-state index contributed by atoms with van der Waals surface area (Å²) in [6.07, 6.45) is 1.70. The van der Waals surface area contributed by atoms with E-state index in [1.54, 1.807) is 7.05 Å². The molecule has 104 valence electrons. The third-order valence-electron chi connectivity index (χ3n) is 3.21. The fourth-order valence-electron chi connectivity index (χ4n) is 2.27. The average Bonchev–Trinajstić information content (AvgIpc) is 2.79. The molecular formula is C13H15N5O2. The van der Waals surface area contributed by atoms with Crippen molar-refractivity contribution in [2.45, 2.75) is 18.9 Å². The lowest BCUT2D eigenvalue weighted by molar-refractivity contribution is 0.0923. The van der Waals surface area contributed by atoms with E-state index in [0.29, 0.717) is 6.61 Å². The van der Waals surface area contributed by atoms with Gasteiger partial charge in [0.15, 0.2) is 0 Å². The van der Waals surface area contributed by atoms with E-state index in [2.05, 4.69) is 20.7 Å². The van der Waals surface area contributed by atoms with E-state index < -0.39 is 0 Å². The molecule has 7 nitrogen and oxygen atoms in total. The number of ether oxygens (including phenoxy) is 1. The minimum atomic E-state index is -0.320. The van der Waals surface area contributed by atoms with E-state index in [4.69, 9.17) is 4.74 Å². The van der Waals surface area contributed by atoms with Gasteiger partial charge in [-0.25, -0.2) is 0 Å². The number of carbonyl (C=O) groups is 1. The van der Waals surface area contributed by atoms with Crippen LogP contribution in [0.25, 0.3) is 0 Å². The minimum Gasteiger partial charge on any atom is -0.493 e. The molecule has 0 aliphatic carbocycles. The Labute approximate surface area is 115 Å². The smallest absolute Gasteiger partial charge is 0.293 e. The van der Waals surface area contributed by atoms with Crippen molar-refractivity contribution in [3.8, 4) is 5.75 Å². The third kappa shape index (κ3) is 2.47. The maximum Gasteiger partial charge on any atom is 0.293 e. The molecule has 1 amide bonds. The molecule has 2 heterocycles. The predicted molar refractivity (Wildman–Crippen MR) is 70.2 cm³/mol. The van der Waals surface area contributed by atoms with Gasteiger partial charge in [0.05, 0.1) is 19.7 Å². The molecule has 0 saturated carbocycles. The average molecular weight is 273 g/mol. The number of aromatic nitrogens is 4. The number of tetrazole rings is 1. The lowest BCUT2D eigenvalue weighted by Gasteiger charge is -2.17. The Hall–Kier alpha value is -2.44. The molecule has 0 fully saturated rings. The number of fused-ring (bicyclic) bond motifs is 1. The van der Waals surface area contributed by atoms with E-state index in [0.717, 1.165) is 24.2 Å².